The molecule has 0 saturated carbocycles. The van der Waals surface area contributed by atoms with Crippen LogP contribution in [0.1, 0.15) is 17.7 Å². The molecule has 0 fully saturated rings. The van der Waals surface area contributed by atoms with Gasteiger partial charge in [-0.1, -0.05) is 24.3 Å². The molecule has 25 heavy (non-hydrogen) atoms. The van der Waals surface area contributed by atoms with Crippen molar-refractivity contribution < 1.29 is 4.79 Å². The zero-order valence-corrected chi connectivity index (χ0v) is 14.2. The second kappa shape index (κ2) is 7.63. The van der Waals surface area contributed by atoms with Gasteiger partial charge < -0.3 is 9.47 Å². The molecule has 0 atom stereocenters. The van der Waals surface area contributed by atoms with Gasteiger partial charge in [0.15, 0.2) is 0 Å². The number of nitriles is 1. The van der Waals surface area contributed by atoms with E-state index in [1.54, 1.807) is 17.3 Å². The topological polar surface area (TPSA) is 61.9 Å². The molecule has 5 heteroatoms. The van der Waals surface area contributed by atoms with Gasteiger partial charge in [0, 0.05) is 36.7 Å². The molecule has 0 radical (unpaired) electrons. The fraction of sp³-hybridized carbons (Fsp3) is 0.250. The Morgan fingerprint density at radius 1 is 1.28 bits per heavy atom. The standard InChI is InChI=1S/C20H20N4O/c1-16-12-18-7-2-3-8-19(18)24(16)15-20(25)23(11-5-9-21)14-17-6-4-10-22-13-17/h2-4,6-8,10,12-13H,5,11,14-15H2,1H3. The maximum Gasteiger partial charge on any atom is 0.242 e. The number of pyridine rings is 1. The SMILES string of the molecule is Cc1cc2ccccc2n1CC(=O)N(CCC#N)Cc1cccnc1. The summed E-state index contributed by atoms with van der Waals surface area (Å²) in [6.07, 6.45) is 3.78. The summed E-state index contributed by atoms with van der Waals surface area (Å²) in [5, 5.41) is 10.0. The van der Waals surface area contributed by atoms with Gasteiger partial charge in [-0.15, -0.1) is 0 Å². The first kappa shape index (κ1) is 16.7. The minimum atomic E-state index is 0.00329. The van der Waals surface area contributed by atoms with Crippen molar-refractivity contribution in [2.45, 2.75) is 26.4 Å². The molecule has 0 bridgehead atoms. The van der Waals surface area contributed by atoms with Gasteiger partial charge in [-0.3, -0.25) is 9.78 Å². The molecule has 5 nitrogen and oxygen atoms in total. The number of hydrogen-bond acceptors (Lipinski definition) is 3. The highest BCUT2D eigenvalue weighted by atomic mass is 16.2. The van der Waals surface area contributed by atoms with E-state index >= 15 is 0 Å². The average molecular weight is 332 g/mol. The second-order valence-corrected chi connectivity index (χ2v) is 6.02. The molecule has 0 aliphatic rings. The van der Waals surface area contributed by atoms with E-state index in [4.69, 9.17) is 5.26 Å². The Bertz CT molecular complexity index is 908. The zero-order valence-electron chi connectivity index (χ0n) is 14.2. The lowest BCUT2D eigenvalue weighted by Crippen LogP contribution is -2.34. The van der Waals surface area contributed by atoms with Crippen LogP contribution in [0.3, 0.4) is 0 Å². The van der Waals surface area contributed by atoms with E-state index in [0.29, 0.717) is 19.5 Å². The van der Waals surface area contributed by atoms with Crippen molar-refractivity contribution in [1.82, 2.24) is 14.5 Å². The number of hydrogen-bond donors (Lipinski definition) is 0. The van der Waals surface area contributed by atoms with Crippen molar-refractivity contribution in [1.29, 1.82) is 5.26 Å². The Kier molecular flexibility index (Phi) is 5.10. The van der Waals surface area contributed by atoms with E-state index in [0.717, 1.165) is 22.2 Å². The van der Waals surface area contributed by atoms with Crippen LogP contribution in [0.25, 0.3) is 10.9 Å². The Labute approximate surface area is 147 Å². The normalized spacial score (nSPS) is 10.6. The summed E-state index contributed by atoms with van der Waals surface area (Å²) in [7, 11) is 0. The van der Waals surface area contributed by atoms with Crippen LogP contribution >= 0.6 is 0 Å². The molecular formula is C20H20N4O. The van der Waals surface area contributed by atoms with Gasteiger partial charge in [-0.2, -0.15) is 5.26 Å². The Balaban J connectivity index is 1.82. The van der Waals surface area contributed by atoms with Crippen LogP contribution < -0.4 is 0 Å². The Hall–Kier alpha value is -3.13. The van der Waals surface area contributed by atoms with Crippen molar-refractivity contribution in [3.05, 3.63) is 66.1 Å². The van der Waals surface area contributed by atoms with Crippen LogP contribution in [0.15, 0.2) is 54.9 Å². The monoisotopic (exact) mass is 332 g/mol. The molecule has 1 aromatic carbocycles. The summed E-state index contributed by atoms with van der Waals surface area (Å²) in [6.45, 7) is 3.16. The van der Waals surface area contributed by atoms with Gasteiger partial charge in [-0.05, 0) is 36.1 Å². The van der Waals surface area contributed by atoms with E-state index in [2.05, 4.69) is 17.1 Å². The summed E-state index contributed by atoms with van der Waals surface area (Å²) in [5.41, 5.74) is 3.06. The molecule has 0 spiro atoms. The first-order valence-electron chi connectivity index (χ1n) is 8.27. The van der Waals surface area contributed by atoms with Crippen molar-refractivity contribution in [2.24, 2.45) is 0 Å². The molecular weight excluding hydrogens is 312 g/mol. The maximum absolute atomic E-state index is 12.9. The number of aromatic nitrogens is 2. The van der Waals surface area contributed by atoms with Crippen molar-refractivity contribution in [3.8, 4) is 6.07 Å². The fourth-order valence-corrected chi connectivity index (χ4v) is 2.98. The van der Waals surface area contributed by atoms with Gasteiger partial charge in [0.1, 0.15) is 6.54 Å². The van der Waals surface area contributed by atoms with Crippen LogP contribution in [0.2, 0.25) is 0 Å². The summed E-state index contributed by atoms with van der Waals surface area (Å²) < 4.78 is 2.03. The molecule has 0 saturated heterocycles. The second-order valence-electron chi connectivity index (χ2n) is 6.02. The number of para-hydroxylation sites is 1. The number of benzene rings is 1. The molecule has 2 heterocycles. The van der Waals surface area contributed by atoms with Gasteiger partial charge >= 0.3 is 0 Å². The minimum Gasteiger partial charge on any atom is -0.336 e. The van der Waals surface area contributed by atoms with Crippen molar-refractivity contribution in [3.63, 3.8) is 0 Å². The van der Waals surface area contributed by atoms with Gasteiger partial charge in [0.05, 0.1) is 12.5 Å². The van der Waals surface area contributed by atoms with Gasteiger partial charge in [0.25, 0.3) is 0 Å². The molecule has 0 aliphatic heterocycles. The molecule has 1 amide bonds. The number of fused-ring (bicyclic) bond motifs is 1. The third-order valence-electron chi connectivity index (χ3n) is 4.25. The first-order valence-corrected chi connectivity index (χ1v) is 8.27. The molecule has 3 aromatic rings. The van der Waals surface area contributed by atoms with E-state index in [9.17, 15) is 4.79 Å². The number of rotatable bonds is 6. The van der Waals surface area contributed by atoms with E-state index in [1.165, 1.54) is 0 Å². The largest absolute Gasteiger partial charge is 0.336 e. The predicted molar refractivity (Wildman–Crippen MR) is 96.6 cm³/mol. The van der Waals surface area contributed by atoms with Crippen LogP contribution in [0.4, 0.5) is 0 Å². The molecule has 126 valence electrons. The zero-order chi connectivity index (χ0) is 17.6. The highest BCUT2D eigenvalue weighted by molar-refractivity contribution is 5.84. The van der Waals surface area contributed by atoms with Crippen LogP contribution in [0.5, 0.6) is 0 Å². The molecule has 0 N–H and O–H groups in total. The number of carbonyl (C=O) groups is 1. The van der Waals surface area contributed by atoms with E-state index in [-0.39, 0.29) is 12.5 Å². The van der Waals surface area contributed by atoms with Crippen molar-refractivity contribution >= 4 is 16.8 Å². The summed E-state index contributed by atoms with van der Waals surface area (Å²) in [6, 6.07) is 16.0. The lowest BCUT2D eigenvalue weighted by Gasteiger charge is -2.22. The lowest BCUT2D eigenvalue weighted by atomic mass is 10.2. The third kappa shape index (κ3) is 3.86. The van der Waals surface area contributed by atoms with Gasteiger partial charge in [-0.25, -0.2) is 0 Å². The van der Waals surface area contributed by atoms with Gasteiger partial charge in [0.2, 0.25) is 5.91 Å². The molecule has 2 aromatic heterocycles. The summed E-state index contributed by atoms with van der Waals surface area (Å²) in [5.74, 6) is 0.00329. The van der Waals surface area contributed by atoms with Crippen LogP contribution in [-0.4, -0.2) is 26.9 Å². The minimum absolute atomic E-state index is 0.00329. The molecule has 3 rings (SSSR count). The Morgan fingerprint density at radius 3 is 2.88 bits per heavy atom. The lowest BCUT2D eigenvalue weighted by molar-refractivity contribution is -0.132. The van der Waals surface area contributed by atoms with Crippen LogP contribution in [0, 0.1) is 18.3 Å². The smallest absolute Gasteiger partial charge is 0.242 e. The fourth-order valence-electron chi connectivity index (χ4n) is 2.98. The van der Waals surface area contributed by atoms with E-state index < -0.39 is 0 Å². The van der Waals surface area contributed by atoms with E-state index in [1.807, 2.05) is 47.9 Å². The third-order valence-corrected chi connectivity index (χ3v) is 4.25. The number of aryl methyl sites for hydroxylation is 1. The number of carbonyl (C=O) groups excluding carboxylic acids is 1. The number of nitrogens with zero attached hydrogens (tertiary/aromatic N) is 4. The quantitative estimate of drug-likeness (QED) is 0.696. The Morgan fingerprint density at radius 2 is 2.12 bits per heavy atom. The molecule has 0 unspecified atom stereocenters. The molecule has 0 aliphatic carbocycles. The highest BCUT2D eigenvalue weighted by Gasteiger charge is 2.16. The highest BCUT2D eigenvalue weighted by Crippen LogP contribution is 2.19. The maximum atomic E-state index is 12.9. The summed E-state index contributed by atoms with van der Waals surface area (Å²) >= 11 is 0. The first-order chi connectivity index (χ1) is 12.2. The summed E-state index contributed by atoms with van der Waals surface area (Å²) in [4.78, 5) is 18.7. The predicted octanol–water partition coefficient (Wildman–Crippen LogP) is 3.29. The number of amides is 1. The van der Waals surface area contributed by atoms with Crippen molar-refractivity contribution in [2.75, 3.05) is 6.54 Å². The van der Waals surface area contributed by atoms with Crippen LogP contribution in [-0.2, 0) is 17.9 Å². The average Bonchev–Trinajstić information content (AvgIpc) is 2.95.